The van der Waals surface area contributed by atoms with Crippen LogP contribution in [0.1, 0.15) is 20.3 Å². The topological polar surface area (TPSA) is 67.6 Å². The van der Waals surface area contributed by atoms with Gasteiger partial charge in [0.1, 0.15) is 0 Å². The highest BCUT2D eigenvalue weighted by Gasteiger charge is 2.10. The summed E-state index contributed by atoms with van der Waals surface area (Å²) in [6.45, 7) is 8.19. The Bertz CT molecular complexity index is 180. The molecule has 1 amide bonds. The molecule has 5 heteroatoms. The largest absolute Gasteiger partial charge is 0.380 e. The normalized spacial score (nSPS) is 12.8. The molecule has 5 nitrogen and oxygen atoms in total. The number of methoxy groups -OCH3 is 1. The highest BCUT2D eigenvalue weighted by molar-refractivity contribution is 5.76. The molecule has 0 radical (unpaired) electrons. The zero-order valence-corrected chi connectivity index (χ0v) is 10.7. The molecule has 0 bridgehead atoms. The molecule has 0 fully saturated rings. The number of carbonyl (C=O) groups excluding carboxylic acids is 1. The van der Waals surface area contributed by atoms with Crippen molar-refractivity contribution >= 4 is 5.91 Å². The van der Waals surface area contributed by atoms with Crippen molar-refractivity contribution in [2.45, 2.75) is 26.4 Å². The number of amides is 1. The highest BCUT2D eigenvalue weighted by atomic mass is 16.5. The molecule has 1 atom stereocenters. The molecule has 16 heavy (non-hydrogen) atoms. The molecule has 3 N–H and O–H groups in total. The van der Waals surface area contributed by atoms with Crippen molar-refractivity contribution in [3.63, 3.8) is 0 Å². The average Bonchev–Trinajstić information content (AvgIpc) is 2.31. The van der Waals surface area contributed by atoms with E-state index in [4.69, 9.17) is 10.5 Å². The summed E-state index contributed by atoms with van der Waals surface area (Å²) in [5, 5.41) is 2.86. The number of hydrogen-bond donors (Lipinski definition) is 2. The zero-order chi connectivity index (χ0) is 12.4. The highest BCUT2D eigenvalue weighted by Crippen LogP contribution is 1.94. The van der Waals surface area contributed by atoms with Gasteiger partial charge in [-0.1, -0.05) is 13.8 Å². The van der Waals surface area contributed by atoms with Gasteiger partial charge in [-0.3, -0.25) is 4.79 Å². The number of ether oxygens (including phenoxy) is 1. The van der Waals surface area contributed by atoms with Crippen LogP contribution in [0.25, 0.3) is 0 Å². The van der Waals surface area contributed by atoms with E-state index in [0.29, 0.717) is 19.5 Å². The third kappa shape index (κ3) is 6.76. The van der Waals surface area contributed by atoms with Gasteiger partial charge in [0.2, 0.25) is 5.91 Å². The lowest BCUT2D eigenvalue weighted by Crippen LogP contribution is -2.37. The Labute approximate surface area is 98.3 Å². The van der Waals surface area contributed by atoms with Gasteiger partial charge in [-0.25, -0.2) is 0 Å². The molecule has 0 rings (SSSR count). The predicted molar refractivity (Wildman–Crippen MR) is 65.3 cm³/mol. The first-order valence-corrected chi connectivity index (χ1v) is 5.89. The molecular weight excluding hydrogens is 206 g/mol. The Morgan fingerprint density at radius 1 is 1.44 bits per heavy atom. The first-order chi connectivity index (χ1) is 7.67. The van der Waals surface area contributed by atoms with E-state index in [2.05, 4.69) is 24.1 Å². The Morgan fingerprint density at radius 3 is 2.50 bits per heavy atom. The van der Waals surface area contributed by atoms with Gasteiger partial charge in [-0.05, 0) is 13.1 Å². The van der Waals surface area contributed by atoms with Crippen LogP contribution in [-0.2, 0) is 9.53 Å². The summed E-state index contributed by atoms with van der Waals surface area (Å²) >= 11 is 0. The summed E-state index contributed by atoms with van der Waals surface area (Å²) in [7, 11) is 1.57. The third-order valence-corrected chi connectivity index (χ3v) is 2.65. The monoisotopic (exact) mass is 231 g/mol. The first kappa shape index (κ1) is 15.3. The first-order valence-electron chi connectivity index (χ1n) is 5.89. The Kier molecular flexibility index (Phi) is 9.18. The molecule has 0 aliphatic carbocycles. The van der Waals surface area contributed by atoms with Crippen LogP contribution < -0.4 is 11.1 Å². The van der Waals surface area contributed by atoms with E-state index < -0.39 is 0 Å². The molecule has 96 valence electrons. The molecule has 0 aromatic carbocycles. The number of carbonyl (C=O) groups is 1. The van der Waals surface area contributed by atoms with Gasteiger partial charge in [0.15, 0.2) is 0 Å². The van der Waals surface area contributed by atoms with Gasteiger partial charge in [0.25, 0.3) is 0 Å². The average molecular weight is 231 g/mol. The van der Waals surface area contributed by atoms with Crippen molar-refractivity contribution in [1.29, 1.82) is 0 Å². The lowest BCUT2D eigenvalue weighted by Gasteiger charge is -2.18. The number of rotatable bonds is 9. The lowest BCUT2D eigenvalue weighted by molar-refractivity contribution is -0.123. The minimum Gasteiger partial charge on any atom is -0.380 e. The molecule has 0 aliphatic rings. The SMILES string of the molecule is CCN(CC)CCNC(=O)CC(CN)OC. The molecule has 0 aromatic heterocycles. The van der Waals surface area contributed by atoms with Crippen LogP contribution in [0.2, 0.25) is 0 Å². The van der Waals surface area contributed by atoms with Gasteiger partial charge in [0.05, 0.1) is 12.5 Å². The fourth-order valence-electron chi connectivity index (χ4n) is 1.44. The number of nitrogens with one attached hydrogen (secondary N) is 1. The summed E-state index contributed by atoms with van der Waals surface area (Å²) in [6, 6.07) is 0. The van der Waals surface area contributed by atoms with Crippen LogP contribution in [0, 0.1) is 0 Å². The van der Waals surface area contributed by atoms with Crippen molar-refractivity contribution in [2.75, 3.05) is 39.8 Å². The second-order valence-corrected chi connectivity index (χ2v) is 3.67. The van der Waals surface area contributed by atoms with E-state index in [0.717, 1.165) is 19.6 Å². The van der Waals surface area contributed by atoms with E-state index in [1.807, 2.05) is 0 Å². The minimum absolute atomic E-state index is 0.00413. The Hall–Kier alpha value is -0.650. The van der Waals surface area contributed by atoms with Crippen molar-refractivity contribution in [3.05, 3.63) is 0 Å². The number of hydrogen-bond acceptors (Lipinski definition) is 4. The van der Waals surface area contributed by atoms with Gasteiger partial charge < -0.3 is 20.7 Å². The molecule has 0 aromatic rings. The summed E-state index contributed by atoms with van der Waals surface area (Å²) in [6.07, 6.45) is 0.166. The lowest BCUT2D eigenvalue weighted by atomic mass is 10.2. The molecule has 0 spiro atoms. The third-order valence-electron chi connectivity index (χ3n) is 2.65. The van der Waals surface area contributed by atoms with Crippen molar-refractivity contribution in [2.24, 2.45) is 5.73 Å². The van der Waals surface area contributed by atoms with Crippen molar-refractivity contribution < 1.29 is 9.53 Å². The predicted octanol–water partition coefficient (Wildman–Crippen LogP) is -0.192. The summed E-state index contributed by atoms with van der Waals surface area (Å²) in [4.78, 5) is 13.7. The van der Waals surface area contributed by atoms with Crippen molar-refractivity contribution in [1.82, 2.24) is 10.2 Å². The smallest absolute Gasteiger partial charge is 0.222 e. The van der Waals surface area contributed by atoms with Gasteiger partial charge in [-0.2, -0.15) is 0 Å². The van der Waals surface area contributed by atoms with Crippen molar-refractivity contribution in [3.8, 4) is 0 Å². The molecule has 0 saturated heterocycles. The second kappa shape index (κ2) is 9.57. The van der Waals surface area contributed by atoms with Crippen LogP contribution in [0.5, 0.6) is 0 Å². The summed E-state index contributed by atoms with van der Waals surface area (Å²) < 4.78 is 5.04. The fourth-order valence-corrected chi connectivity index (χ4v) is 1.44. The van der Waals surface area contributed by atoms with Crippen LogP contribution in [0.15, 0.2) is 0 Å². The van der Waals surface area contributed by atoms with Gasteiger partial charge >= 0.3 is 0 Å². The molecule has 0 saturated carbocycles. The van der Waals surface area contributed by atoms with Gasteiger partial charge in [-0.15, -0.1) is 0 Å². The van der Waals surface area contributed by atoms with Gasteiger partial charge in [0, 0.05) is 26.7 Å². The second-order valence-electron chi connectivity index (χ2n) is 3.67. The molecule has 0 heterocycles. The van der Waals surface area contributed by atoms with Crippen LogP contribution in [0.3, 0.4) is 0 Å². The van der Waals surface area contributed by atoms with Crippen LogP contribution in [0.4, 0.5) is 0 Å². The number of nitrogens with two attached hydrogens (primary N) is 1. The maximum atomic E-state index is 11.5. The van der Waals surface area contributed by atoms with Crippen LogP contribution >= 0.6 is 0 Å². The summed E-state index contributed by atoms with van der Waals surface area (Å²) in [5.41, 5.74) is 5.44. The Morgan fingerprint density at radius 2 is 2.06 bits per heavy atom. The maximum absolute atomic E-state index is 11.5. The Balaban J connectivity index is 3.64. The maximum Gasteiger partial charge on any atom is 0.222 e. The number of likely N-dealkylation sites (N-methyl/N-ethyl adjacent to an activating group) is 1. The molecule has 0 aliphatic heterocycles. The summed E-state index contributed by atoms with van der Waals surface area (Å²) in [5.74, 6) is 0.00413. The molecule has 1 unspecified atom stereocenters. The van der Waals surface area contributed by atoms with E-state index in [-0.39, 0.29) is 12.0 Å². The van der Waals surface area contributed by atoms with E-state index in [9.17, 15) is 4.79 Å². The molecular formula is C11H25N3O2. The van der Waals surface area contributed by atoms with E-state index in [1.165, 1.54) is 0 Å². The fraction of sp³-hybridized carbons (Fsp3) is 0.909. The quantitative estimate of drug-likeness (QED) is 0.577. The van der Waals surface area contributed by atoms with E-state index in [1.54, 1.807) is 7.11 Å². The zero-order valence-electron chi connectivity index (χ0n) is 10.7. The minimum atomic E-state index is -0.173. The van der Waals surface area contributed by atoms with Crippen LogP contribution in [-0.4, -0.2) is 56.7 Å². The number of nitrogens with zero attached hydrogens (tertiary/aromatic N) is 1. The van der Waals surface area contributed by atoms with E-state index >= 15 is 0 Å². The standard InChI is InChI=1S/C11H25N3O2/c1-4-14(5-2)7-6-13-11(15)8-10(9-12)16-3/h10H,4-9,12H2,1-3H3,(H,13,15).